The Morgan fingerprint density at radius 3 is 2.77 bits per heavy atom. The van der Waals surface area contributed by atoms with E-state index in [1.54, 1.807) is 12.5 Å². The van der Waals surface area contributed by atoms with Crippen molar-refractivity contribution < 1.29 is 4.42 Å². The zero-order valence-corrected chi connectivity index (χ0v) is 7.32. The van der Waals surface area contributed by atoms with Crippen molar-refractivity contribution in [2.75, 3.05) is 5.73 Å². The number of pyridine rings is 1. The Kier molecular flexibility index (Phi) is 1.77. The van der Waals surface area contributed by atoms with Crippen LogP contribution in [-0.2, 0) is 0 Å². The third kappa shape index (κ3) is 1.40. The second-order valence-corrected chi connectivity index (χ2v) is 2.88. The molecule has 3 nitrogen and oxygen atoms in total. The molecule has 0 amide bonds. The van der Waals surface area contributed by atoms with Crippen molar-refractivity contribution in [3.05, 3.63) is 36.4 Å². The van der Waals surface area contributed by atoms with E-state index in [9.17, 15) is 0 Å². The van der Waals surface area contributed by atoms with Gasteiger partial charge in [0.1, 0.15) is 0 Å². The maximum absolute atomic E-state index is 5.66. The molecular weight excluding hydrogens is 164 g/mol. The third-order valence-corrected chi connectivity index (χ3v) is 1.94. The van der Waals surface area contributed by atoms with Crippen molar-refractivity contribution in [3.8, 4) is 11.3 Å². The van der Waals surface area contributed by atoms with E-state index in [0.29, 0.717) is 5.69 Å². The number of aryl methyl sites for hydroxylation is 1. The Labute approximate surface area is 76.2 Å². The standard InChI is InChI=1S/C10H10N2O/c1-7-9(11)2-3-10(12-7)8-4-5-13-6-8/h2-6H,11H2,1H3. The van der Waals surface area contributed by atoms with E-state index in [1.807, 2.05) is 25.1 Å². The fourth-order valence-corrected chi connectivity index (χ4v) is 1.14. The second-order valence-electron chi connectivity index (χ2n) is 2.88. The van der Waals surface area contributed by atoms with Gasteiger partial charge in [-0.15, -0.1) is 0 Å². The summed E-state index contributed by atoms with van der Waals surface area (Å²) in [6, 6.07) is 5.61. The molecule has 2 aromatic rings. The van der Waals surface area contributed by atoms with Gasteiger partial charge in [0.2, 0.25) is 0 Å². The first-order valence-electron chi connectivity index (χ1n) is 4.03. The summed E-state index contributed by atoms with van der Waals surface area (Å²) in [5, 5.41) is 0. The molecule has 2 N–H and O–H groups in total. The minimum absolute atomic E-state index is 0.715. The molecule has 0 bridgehead atoms. The van der Waals surface area contributed by atoms with Crippen LogP contribution in [-0.4, -0.2) is 4.98 Å². The van der Waals surface area contributed by atoms with Gasteiger partial charge in [-0.25, -0.2) is 0 Å². The average Bonchev–Trinajstić information content (AvgIpc) is 2.62. The Bertz CT molecular complexity index is 407. The number of nitrogens with two attached hydrogens (primary N) is 1. The molecule has 13 heavy (non-hydrogen) atoms. The van der Waals surface area contributed by atoms with Crippen molar-refractivity contribution in [1.82, 2.24) is 4.98 Å². The highest BCUT2D eigenvalue weighted by molar-refractivity contribution is 5.60. The molecule has 0 spiro atoms. The molecule has 0 aromatic carbocycles. The van der Waals surface area contributed by atoms with Gasteiger partial charge in [0.05, 0.1) is 29.6 Å². The lowest BCUT2D eigenvalue weighted by molar-refractivity contribution is 0.568. The zero-order valence-electron chi connectivity index (χ0n) is 7.32. The van der Waals surface area contributed by atoms with Gasteiger partial charge < -0.3 is 10.2 Å². The normalized spacial score (nSPS) is 10.2. The van der Waals surface area contributed by atoms with Crippen LogP contribution in [0.25, 0.3) is 11.3 Å². The maximum atomic E-state index is 5.66. The van der Waals surface area contributed by atoms with E-state index >= 15 is 0 Å². The first-order chi connectivity index (χ1) is 6.27. The number of rotatable bonds is 1. The summed E-state index contributed by atoms with van der Waals surface area (Å²) in [5.41, 5.74) is 9.08. The molecule has 3 heteroatoms. The van der Waals surface area contributed by atoms with Crippen LogP contribution in [0.4, 0.5) is 5.69 Å². The van der Waals surface area contributed by atoms with Gasteiger partial charge in [-0.05, 0) is 25.1 Å². The summed E-state index contributed by atoms with van der Waals surface area (Å²) in [5.74, 6) is 0. The Balaban J connectivity index is 2.49. The van der Waals surface area contributed by atoms with E-state index in [2.05, 4.69) is 4.98 Å². The monoisotopic (exact) mass is 174 g/mol. The largest absolute Gasteiger partial charge is 0.472 e. The van der Waals surface area contributed by atoms with Crippen molar-refractivity contribution >= 4 is 5.69 Å². The number of nitrogen functional groups attached to an aromatic ring is 1. The predicted molar refractivity (Wildman–Crippen MR) is 51.1 cm³/mol. The number of nitrogens with zero attached hydrogens (tertiary/aromatic N) is 1. The van der Waals surface area contributed by atoms with Crippen LogP contribution in [0, 0.1) is 6.92 Å². The lowest BCUT2D eigenvalue weighted by atomic mass is 10.2. The Morgan fingerprint density at radius 1 is 1.31 bits per heavy atom. The molecule has 0 saturated carbocycles. The minimum Gasteiger partial charge on any atom is -0.472 e. The lowest BCUT2D eigenvalue weighted by Gasteiger charge is -2.00. The van der Waals surface area contributed by atoms with Crippen LogP contribution < -0.4 is 5.73 Å². The fourth-order valence-electron chi connectivity index (χ4n) is 1.14. The van der Waals surface area contributed by atoms with Crippen molar-refractivity contribution in [3.63, 3.8) is 0 Å². The number of hydrogen-bond donors (Lipinski definition) is 1. The first kappa shape index (κ1) is 7.86. The van der Waals surface area contributed by atoms with Crippen LogP contribution in [0.5, 0.6) is 0 Å². The quantitative estimate of drug-likeness (QED) is 0.721. The molecule has 2 heterocycles. The smallest absolute Gasteiger partial charge is 0.0996 e. The Morgan fingerprint density at radius 2 is 2.15 bits per heavy atom. The second kappa shape index (κ2) is 2.94. The van der Waals surface area contributed by atoms with Crippen molar-refractivity contribution in [2.45, 2.75) is 6.92 Å². The summed E-state index contributed by atoms with van der Waals surface area (Å²) >= 11 is 0. The molecular formula is C10H10N2O. The van der Waals surface area contributed by atoms with Gasteiger partial charge in [0.25, 0.3) is 0 Å². The maximum Gasteiger partial charge on any atom is 0.0996 e. The molecule has 2 aromatic heterocycles. The molecule has 0 aliphatic heterocycles. The SMILES string of the molecule is Cc1nc(-c2ccoc2)ccc1N. The highest BCUT2D eigenvalue weighted by atomic mass is 16.3. The van der Waals surface area contributed by atoms with Gasteiger partial charge in [-0.2, -0.15) is 0 Å². The van der Waals surface area contributed by atoms with Crippen molar-refractivity contribution in [1.29, 1.82) is 0 Å². The lowest BCUT2D eigenvalue weighted by Crippen LogP contribution is -1.93. The molecule has 2 rings (SSSR count). The molecule has 0 fully saturated rings. The highest BCUT2D eigenvalue weighted by Crippen LogP contribution is 2.19. The summed E-state index contributed by atoms with van der Waals surface area (Å²) in [4.78, 5) is 4.33. The fraction of sp³-hybridized carbons (Fsp3) is 0.100. The van der Waals surface area contributed by atoms with Gasteiger partial charge >= 0.3 is 0 Å². The number of furan rings is 1. The first-order valence-corrected chi connectivity index (χ1v) is 4.03. The van der Waals surface area contributed by atoms with Crippen LogP contribution in [0.15, 0.2) is 35.1 Å². The molecule has 0 saturated heterocycles. The van der Waals surface area contributed by atoms with Crippen LogP contribution in [0.1, 0.15) is 5.69 Å². The molecule has 66 valence electrons. The van der Waals surface area contributed by atoms with Gasteiger partial charge in [0, 0.05) is 5.56 Å². The average molecular weight is 174 g/mol. The summed E-state index contributed by atoms with van der Waals surface area (Å²) in [6.07, 6.45) is 3.29. The Hall–Kier alpha value is -1.77. The topological polar surface area (TPSA) is 52.0 Å². The van der Waals surface area contributed by atoms with Crippen LogP contribution >= 0.6 is 0 Å². The number of hydrogen-bond acceptors (Lipinski definition) is 3. The number of anilines is 1. The van der Waals surface area contributed by atoms with Gasteiger partial charge in [-0.1, -0.05) is 0 Å². The van der Waals surface area contributed by atoms with Crippen LogP contribution in [0.3, 0.4) is 0 Å². The highest BCUT2D eigenvalue weighted by Gasteiger charge is 2.01. The molecule has 0 atom stereocenters. The molecule has 0 unspecified atom stereocenters. The van der Waals surface area contributed by atoms with E-state index < -0.39 is 0 Å². The van der Waals surface area contributed by atoms with Crippen molar-refractivity contribution in [2.24, 2.45) is 0 Å². The summed E-state index contributed by atoms with van der Waals surface area (Å²) in [7, 11) is 0. The van der Waals surface area contributed by atoms with Gasteiger partial charge in [-0.3, -0.25) is 4.98 Å². The summed E-state index contributed by atoms with van der Waals surface area (Å²) in [6.45, 7) is 1.89. The van der Waals surface area contributed by atoms with E-state index in [-0.39, 0.29) is 0 Å². The minimum atomic E-state index is 0.715. The van der Waals surface area contributed by atoms with E-state index in [4.69, 9.17) is 10.2 Å². The van der Waals surface area contributed by atoms with E-state index in [0.717, 1.165) is 17.0 Å². The van der Waals surface area contributed by atoms with Crippen LogP contribution in [0.2, 0.25) is 0 Å². The van der Waals surface area contributed by atoms with E-state index in [1.165, 1.54) is 0 Å². The molecule has 0 aliphatic rings. The number of aromatic nitrogens is 1. The third-order valence-electron chi connectivity index (χ3n) is 1.94. The predicted octanol–water partition coefficient (Wildman–Crippen LogP) is 2.23. The summed E-state index contributed by atoms with van der Waals surface area (Å²) < 4.78 is 4.97. The zero-order chi connectivity index (χ0) is 9.26. The molecule has 0 radical (unpaired) electrons. The molecule has 0 aliphatic carbocycles. The van der Waals surface area contributed by atoms with Gasteiger partial charge in [0.15, 0.2) is 0 Å².